The summed E-state index contributed by atoms with van der Waals surface area (Å²) < 4.78 is 5.48. The number of nitrogens with one attached hydrogen (secondary N) is 1. The number of para-hydroxylation sites is 1. The molecular formula is C15H22N2O3. The molecule has 0 spiro atoms. The van der Waals surface area contributed by atoms with E-state index in [4.69, 9.17) is 4.74 Å². The summed E-state index contributed by atoms with van der Waals surface area (Å²) in [5.74, 6) is 0.989. The summed E-state index contributed by atoms with van der Waals surface area (Å²) in [6, 6.07) is 5.22. The SMILES string of the molecule is CCCOc1cccc(NCC2CCCC2)c1[N+](=O)[O-]. The summed E-state index contributed by atoms with van der Waals surface area (Å²) in [4.78, 5) is 10.9. The Hall–Kier alpha value is -1.78. The smallest absolute Gasteiger partial charge is 0.333 e. The highest BCUT2D eigenvalue weighted by molar-refractivity contribution is 5.68. The van der Waals surface area contributed by atoms with Gasteiger partial charge in [0.1, 0.15) is 5.69 Å². The van der Waals surface area contributed by atoms with Gasteiger partial charge in [-0.3, -0.25) is 10.1 Å². The minimum Gasteiger partial charge on any atom is -0.487 e. The highest BCUT2D eigenvalue weighted by Crippen LogP contribution is 2.35. The average Bonchev–Trinajstić information content (AvgIpc) is 2.95. The molecule has 1 fully saturated rings. The lowest BCUT2D eigenvalue weighted by Crippen LogP contribution is -2.12. The monoisotopic (exact) mass is 278 g/mol. The molecule has 0 saturated heterocycles. The van der Waals surface area contributed by atoms with Crippen LogP contribution < -0.4 is 10.1 Å². The molecule has 0 heterocycles. The second kappa shape index (κ2) is 7.12. The number of nitrogens with zero attached hydrogens (tertiary/aromatic N) is 1. The van der Waals surface area contributed by atoms with Crippen LogP contribution in [0.2, 0.25) is 0 Å². The standard InChI is InChI=1S/C15H22N2O3/c1-2-10-20-14-9-5-8-13(15(14)17(18)19)16-11-12-6-3-4-7-12/h5,8-9,12,16H,2-4,6-7,10-11H2,1H3. The predicted octanol–water partition coefficient (Wildman–Crippen LogP) is 3.99. The molecule has 0 unspecified atom stereocenters. The molecule has 110 valence electrons. The third-order valence-electron chi connectivity index (χ3n) is 3.70. The first-order valence-corrected chi connectivity index (χ1v) is 7.36. The molecule has 1 aliphatic carbocycles. The van der Waals surface area contributed by atoms with Crippen LogP contribution in [0, 0.1) is 16.0 Å². The van der Waals surface area contributed by atoms with Crippen LogP contribution in [0.3, 0.4) is 0 Å². The largest absolute Gasteiger partial charge is 0.487 e. The molecule has 1 aromatic carbocycles. The Kier molecular flexibility index (Phi) is 5.21. The van der Waals surface area contributed by atoms with E-state index in [1.807, 2.05) is 6.92 Å². The summed E-state index contributed by atoms with van der Waals surface area (Å²) in [5.41, 5.74) is 0.620. The van der Waals surface area contributed by atoms with Crippen molar-refractivity contribution in [3.8, 4) is 5.75 Å². The summed E-state index contributed by atoms with van der Waals surface area (Å²) in [7, 11) is 0. The molecule has 1 N–H and O–H groups in total. The second-order valence-electron chi connectivity index (χ2n) is 5.29. The first kappa shape index (κ1) is 14.6. The molecule has 0 bridgehead atoms. The molecule has 5 heteroatoms. The van der Waals surface area contributed by atoms with E-state index in [-0.39, 0.29) is 10.6 Å². The van der Waals surface area contributed by atoms with E-state index in [1.54, 1.807) is 18.2 Å². The van der Waals surface area contributed by atoms with Gasteiger partial charge in [-0.1, -0.05) is 25.8 Å². The van der Waals surface area contributed by atoms with Gasteiger partial charge in [-0.2, -0.15) is 0 Å². The van der Waals surface area contributed by atoms with Crippen LogP contribution in [0.5, 0.6) is 5.75 Å². The highest BCUT2D eigenvalue weighted by atomic mass is 16.6. The van der Waals surface area contributed by atoms with Crippen molar-refractivity contribution in [3.05, 3.63) is 28.3 Å². The molecule has 0 aliphatic heterocycles. The Morgan fingerprint density at radius 1 is 1.40 bits per heavy atom. The van der Waals surface area contributed by atoms with Crippen molar-refractivity contribution in [1.29, 1.82) is 0 Å². The van der Waals surface area contributed by atoms with Crippen molar-refractivity contribution >= 4 is 11.4 Å². The molecule has 5 nitrogen and oxygen atoms in total. The summed E-state index contributed by atoms with van der Waals surface area (Å²) >= 11 is 0. The van der Waals surface area contributed by atoms with Gasteiger partial charge in [-0.15, -0.1) is 0 Å². The second-order valence-corrected chi connectivity index (χ2v) is 5.29. The number of nitro benzene ring substituents is 1. The number of ether oxygens (including phenoxy) is 1. The molecule has 20 heavy (non-hydrogen) atoms. The van der Waals surface area contributed by atoms with Gasteiger partial charge >= 0.3 is 5.69 Å². The van der Waals surface area contributed by atoms with Crippen LogP contribution in [-0.2, 0) is 0 Å². The number of nitro groups is 1. The summed E-state index contributed by atoms with van der Waals surface area (Å²) in [5, 5.41) is 14.5. The predicted molar refractivity (Wildman–Crippen MR) is 79.3 cm³/mol. The van der Waals surface area contributed by atoms with E-state index in [0.717, 1.165) is 13.0 Å². The van der Waals surface area contributed by atoms with E-state index in [0.29, 0.717) is 24.0 Å². The van der Waals surface area contributed by atoms with Gasteiger partial charge < -0.3 is 10.1 Å². The molecule has 1 aromatic rings. The molecule has 2 rings (SSSR count). The van der Waals surface area contributed by atoms with Crippen LogP contribution in [-0.4, -0.2) is 18.1 Å². The van der Waals surface area contributed by atoms with Gasteiger partial charge in [-0.05, 0) is 37.3 Å². The van der Waals surface area contributed by atoms with Crippen molar-refractivity contribution in [2.75, 3.05) is 18.5 Å². The molecule has 0 aromatic heterocycles. The van der Waals surface area contributed by atoms with E-state index in [9.17, 15) is 10.1 Å². The van der Waals surface area contributed by atoms with Crippen molar-refractivity contribution in [1.82, 2.24) is 0 Å². The third-order valence-corrected chi connectivity index (χ3v) is 3.70. The number of hydrogen-bond donors (Lipinski definition) is 1. The van der Waals surface area contributed by atoms with Gasteiger partial charge in [0.25, 0.3) is 0 Å². The number of hydrogen-bond acceptors (Lipinski definition) is 4. The van der Waals surface area contributed by atoms with Gasteiger partial charge in [0.05, 0.1) is 11.5 Å². The normalized spacial score (nSPS) is 15.2. The van der Waals surface area contributed by atoms with Crippen LogP contribution in [0.4, 0.5) is 11.4 Å². The minimum absolute atomic E-state index is 0.0546. The third kappa shape index (κ3) is 3.62. The number of benzene rings is 1. The maximum atomic E-state index is 11.3. The lowest BCUT2D eigenvalue weighted by atomic mass is 10.1. The van der Waals surface area contributed by atoms with E-state index in [2.05, 4.69) is 5.32 Å². The van der Waals surface area contributed by atoms with Crippen molar-refractivity contribution in [2.45, 2.75) is 39.0 Å². The lowest BCUT2D eigenvalue weighted by Gasteiger charge is -2.13. The van der Waals surface area contributed by atoms with Gasteiger partial charge in [-0.25, -0.2) is 0 Å². The van der Waals surface area contributed by atoms with Gasteiger partial charge in [0, 0.05) is 6.54 Å². The first-order chi connectivity index (χ1) is 9.72. The Morgan fingerprint density at radius 2 is 2.15 bits per heavy atom. The van der Waals surface area contributed by atoms with Crippen molar-refractivity contribution < 1.29 is 9.66 Å². The maximum absolute atomic E-state index is 11.3. The van der Waals surface area contributed by atoms with Crippen LogP contribution >= 0.6 is 0 Å². The summed E-state index contributed by atoms with van der Waals surface area (Å²) in [6.45, 7) is 3.28. The average molecular weight is 278 g/mol. The minimum atomic E-state index is -0.359. The number of anilines is 1. The van der Waals surface area contributed by atoms with E-state index < -0.39 is 0 Å². The van der Waals surface area contributed by atoms with Crippen LogP contribution in [0.25, 0.3) is 0 Å². The fourth-order valence-electron chi connectivity index (χ4n) is 2.65. The zero-order chi connectivity index (χ0) is 14.4. The Labute approximate surface area is 119 Å². The zero-order valence-electron chi connectivity index (χ0n) is 11.9. The highest BCUT2D eigenvalue weighted by Gasteiger charge is 2.22. The molecule has 1 aliphatic rings. The fourth-order valence-corrected chi connectivity index (χ4v) is 2.65. The van der Waals surface area contributed by atoms with Gasteiger partial charge in [0.2, 0.25) is 0 Å². The summed E-state index contributed by atoms with van der Waals surface area (Å²) in [6.07, 6.45) is 5.80. The molecule has 0 atom stereocenters. The lowest BCUT2D eigenvalue weighted by molar-refractivity contribution is -0.385. The first-order valence-electron chi connectivity index (χ1n) is 7.36. The van der Waals surface area contributed by atoms with Crippen molar-refractivity contribution in [2.24, 2.45) is 5.92 Å². The van der Waals surface area contributed by atoms with Crippen molar-refractivity contribution in [3.63, 3.8) is 0 Å². The molecule has 1 saturated carbocycles. The van der Waals surface area contributed by atoms with Crippen LogP contribution in [0.1, 0.15) is 39.0 Å². The van der Waals surface area contributed by atoms with Gasteiger partial charge in [0.15, 0.2) is 5.75 Å². The Bertz CT molecular complexity index is 456. The Morgan fingerprint density at radius 3 is 2.80 bits per heavy atom. The zero-order valence-corrected chi connectivity index (χ0v) is 11.9. The van der Waals surface area contributed by atoms with E-state index in [1.165, 1.54) is 25.7 Å². The quantitative estimate of drug-likeness (QED) is 0.605. The molecule has 0 amide bonds. The van der Waals surface area contributed by atoms with E-state index >= 15 is 0 Å². The maximum Gasteiger partial charge on any atom is 0.333 e. The van der Waals surface area contributed by atoms with Crippen LogP contribution in [0.15, 0.2) is 18.2 Å². The molecule has 0 radical (unpaired) electrons. The number of rotatable bonds is 7. The topological polar surface area (TPSA) is 64.4 Å². The fraction of sp³-hybridized carbons (Fsp3) is 0.600. The molecular weight excluding hydrogens is 256 g/mol. The Balaban J connectivity index is 2.11.